The van der Waals surface area contributed by atoms with E-state index in [1.165, 1.54) is 14.0 Å². The number of halogens is 2. The van der Waals surface area contributed by atoms with Gasteiger partial charge in [-0.05, 0) is 31.0 Å². The van der Waals surface area contributed by atoms with E-state index in [-0.39, 0.29) is 22.3 Å². The third kappa shape index (κ3) is 3.03. The predicted molar refractivity (Wildman–Crippen MR) is 63.7 cm³/mol. The standard InChI is InChI=1S/C11H12Cl2O3/c1-6(14)8(12)3-7-4-9(13)11(15)10(5-7)16-2/h4-5,8,15H,3H2,1-2H3. The highest BCUT2D eigenvalue weighted by atomic mass is 35.5. The van der Waals surface area contributed by atoms with E-state index in [9.17, 15) is 9.90 Å². The molecular weight excluding hydrogens is 251 g/mol. The second kappa shape index (κ2) is 5.41. The summed E-state index contributed by atoms with van der Waals surface area (Å²) in [5.74, 6) is 0.0570. The summed E-state index contributed by atoms with van der Waals surface area (Å²) in [5.41, 5.74) is 0.745. The van der Waals surface area contributed by atoms with Gasteiger partial charge in [0.2, 0.25) is 0 Å². The molecular formula is C11H12Cl2O3. The number of aromatic hydroxyl groups is 1. The molecule has 0 heterocycles. The minimum absolute atomic E-state index is 0.107. The molecule has 0 aromatic heterocycles. The quantitative estimate of drug-likeness (QED) is 0.849. The molecule has 1 aromatic carbocycles. The molecule has 0 saturated carbocycles. The maximum absolute atomic E-state index is 11.0. The second-order valence-electron chi connectivity index (χ2n) is 3.41. The van der Waals surface area contributed by atoms with Crippen LogP contribution in [-0.4, -0.2) is 23.4 Å². The molecule has 0 aliphatic rings. The van der Waals surface area contributed by atoms with Crippen LogP contribution in [0.2, 0.25) is 5.02 Å². The number of Topliss-reactive ketones (excluding diaryl/α,β-unsaturated/α-hetero) is 1. The van der Waals surface area contributed by atoms with Gasteiger partial charge in [0.15, 0.2) is 11.5 Å². The lowest BCUT2D eigenvalue weighted by Gasteiger charge is -2.10. The Morgan fingerprint density at radius 2 is 2.19 bits per heavy atom. The Morgan fingerprint density at radius 3 is 2.69 bits per heavy atom. The molecule has 0 aliphatic carbocycles. The first-order valence-electron chi connectivity index (χ1n) is 4.65. The van der Waals surface area contributed by atoms with E-state index in [0.717, 1.165) is 5.56 Å². The van der Waals surface area contributed by atoms with Crippen LogP contribution in [-0.2, 0) is 11.2 Å². The number of phenolic OH excluding ortho intramolecular Hbond substituents is 1. The Balaban J connectivity index is 2.98. The maximum Gasteiger partial charge on any atom is 0.176 e. The van der Waals surface area contributed by atoms with Gasteiger partial charge in [-0.3, -0.25) is 4.79 Å². The Morgan fingerprint density at radius 1 is 1.56 bits per heavy atom. The fourth-order valence-electron chi connectivity index (χ4n) is 1.25. The predicted octanol–water partition coefficient (Wildman–Crippen LogP) is 2.79. The third-order valence-corrected chi connectivity index (χ3v) is 2.91. The zero-order valence-electron chi connectivity index (χ0n) is 8.96. The van der Waals surface area contributed by atoms with Gasteiger partial charge < -0.3 is 9.84 Å². The molecule has 0 saturated heterocycles. The zero-order chi connectivity index (χ0) is 12.3. The van der Waals surface area contributed by atoms with Crippen molar-refractivity contribution in [2.24, 2.45) is 0 Å². The first-order chi connectivity index (χ1) is 7.45. The monoisotopic (exact) mass is 262 g/mol. The maximum atomic E-state index is 11.0. The smallest absolute Gasteiger partial charge is 0.176 e. The largest absolute Gasteiger partial charge is 0.503 e. The number of carbonyl (C=O) groups is 1. The van der Waals surface area contributed by atoms with Crippen molar-refractivity contribution in [3.05, 3.63) is 22.7 Å². The molecule has 5 heteroatoms. The number of hydrogen-bond acceptors (Lipinski definition) is 3. The molecule has 0 amide bonds. The molecule has 0 fully saturated rings. The molecule has 88 valence electrons. The van der Waals surface area contributed by atoms with Gasteiger partial charge in [-0.2, -0.15) is 0 Å². The highest BCUT2D eigenvalue weighted by molar-refractivity contribution is 6.32. The van der Waals surface area contributed by atoms with Crippen molar-refractivity contribution in [3.8, 4) is 11.5 Å². The average Bonchev–Trinajstić information content (AvgIpc) is 2.22. The number of benzene rings is 1. The minimum Gasteiger partial charge on any atom is -0.503 e. The number of ketones is 1. The van der Waals surface area contributed by atoms with Gasteiger partial charge in [-0.15, -0.1) is 11.6 Å². The molecule has 3 nitrogen and oxygen atoms in total. The van der Waals surface area contributed by atoms with E-state index >= 15 is 0 Å². The Hall–Kier alpha value is -0.930. The summed E-state index contributed by atoms with van der Waals surface area (Å²) in [5, 5.41) is 9.10. The van der Waals surface area contributed by atoms with E-state index < -0.39 is 5.38 Å². The van der Waals surface area contributed by atoms with Crippen molar-refractivity contribution in [1.29, 1.82) is 0 Å². The molecule has 0 radical (unpaired) electrons. The van der Waals surface area contributed by atoms with Crippen LogP contribution in [0.3, 0.4) is 0 Å². The zero-order valence-corrected chi connectivity index (χ0v) is 10.5. The molecule has 0 spiro atoms. The fourth-order valence-corrected chi connectivity index (χ4v) is 1.66. The normalized spacial score (nSPS) is 12.2. The number of carbonyl (C=O) groups excluding carboxylic acids is 1. The lowest BCUT2D eigenvalue weighted by atomic mass is 10.1. The summed E-state index contributed by atoms with van der Waals surface area (Å²) in [6, 6.07) is 3.18. The van der Waals surface area contributed by atoms with Crippen LogP contribution < -0.4 is 4.74 Å². The van der Waals surface area contributed by atoms with E-state index in [1.807, 2.05) is 0 Å². The van der Waals surface area contributed by atoms with Crippen LogP contribution in [0.15, 0.2) is 12.1 Å². The summed E-state index contributed by atoms with van der Waals surface area (Å²) < 4.78 is 4.95. The van der Waals surface area contributed by atoms with E-state index in [1.54, 1.807) is 12.1 Å². The van der Waals surface area contributed by atoms with Gasteiger partial charge in [0.25, 0.3) is 0 Å². The molecule has 0 bridgehead atoms. The Labute approximate surface area is 104 Å². The number of methoxy groups -OCH3 is 1. The third-order valence-electron chi connectivity index (χ3n) is 2.16. The van der Waals surface area contributed by atoms with E-state index in [4.69, 9.17) is 27.9 Å². The molecule has 1 atom stereocenters. The van der Waals surface area contributed by atoms with Gasteiger partial charge >= 0.3 is 0 Å². The van der Waals surface area contributed by atoms with Gasteiger partial charge in [-0.1, -0.05) is 11.6 Å². The Kier molecular flexibility index (Phi) is 4.44. The lowest BCUT2D eigenvalue weighted by Crippen LogP contribution is -2.13. The SMILES string of the molecule is COc1cc(CC(Cl)C(C)=O)cc(Cl)c1O. The second-order valence-corrected chi connectivity index (χ2v) is 4.34. The van der Waals surface area contributed by atoms with E-state index in [0.29, 0.717) is 6.42 Å². The summed E-state index contributed by atoms with van der Waals surface area (Å²) >= 11 is 11.6. The number of alkyl halides is 1. The van der Waals surface area contributed by atoms with Crippen LogP contribution in [0.4, 0.5) is 0 Å². The minimum atomic E-state index is -0.592. The summed E-state index contributed by atoms with van der Waals surface area (Å²) in [4.78, 5) is 11.0. The summed E-state index contributed by atoms with van der Waals surface area (Å²) in [6.45, 7) is 1.43. The van der Waals surface area contributed by atoms with Crippen LogP contribution in [0.1, 0.15) is 12.5 Å². The Bertz CT molecular complexity index is 404. The van der Waals surface area contributed by atoms with Crippen molar-refractivity contribution >= 4 is 29.0 Å². The van der Waals surface area contributed by atoms with Crippen molar-refractivity contribution in [2.75, 3.05) is 7.11 Å². The molecule has 1 N–H and O–H groups in total. The number of rotatable bonds is 4. The molecule has 1 rings (SSSR count). The molecule has 0 aliphatic heterocycles. The highest BCUT2D eigenvalue weighted by Crippen LogP contribution is 2.35. The first kappa shape index (κ1) is 13.1. The van der Waals surface area contributed by atoms with Crippen molar-refractivity contribution < 1.29 is 14.6 Å². The van der Waals surface area contributed by atoms with Crippen molar-refractivity contribution in [2.45, 2.75) is 18.7 Å². The van der Waals surface area contributed by atoms with Gasteiger partial charge in [0.1, 0.15) is 5.78 Å². The number of hydrogen-bond donors (Lipinski definition) is 1. The summed E-state index contributed by atoms with van der Waals surface area (Å²) in [7, 11) is 1.43. The van der Waals surface area contributed by atoms with Crippen molar-refractivity contribution in [3.63, 3.8) is 0 Å². The van der Waals surface area contributed by atoms with E-state index in [2.05, 4.69) is 0 Å². The van der Waals surface area contributed by atoms with Crippen molar-refractivity contribution in [1.82, 2.24) is 0 Å². The molecule has 1 unspecified atom stereocenters. The number of phenols is 1. The molecule has 16 heavy (non-hydrogen) atoms. The lowest BCUT2D eigenvalue weighted by molar-refractivity contribution is -0.116. The van der Waals surface area contributed by atoms with Gasteiger partial charge in [0, 0.05) is 0 Å². The van der Waals surface area contributed by atoms with Crippen LogP contribution in [0.5, 0.6) is 11.5 Å². The van der Waals surface area contributed by atoms with Gasteiger partial charge in [0.05, 0.1) is 17.5 Å². The number of ether oxygens (including phenoxy) is 1. The van der Waals surface area contributed by atoms with Crippen LogP contribution in [0, 0.1) is 0 Å². The van der Waals surface area contributed by atoms with Gasteiger partial charge in [-0.25, -0.2) is 0 Å². The fraction of sp³-hybridized carbons (Fsp3) is 0.364. The van der Waals surface area contributed by atoms with Crippen LogP contribution >= 0.6 is 23.2 Å². The average molecular weight is 263 g/mol. The first-order valence-corrected chi connectivity index (χ1v) is 5.47. The summed E-state index contributed by atoms with van der Waals surface area (Å²) in [6.07, 6.45) is 0.354. The van der Waals surface area contributed by atoms with Crippen LogP contribution in [0.25, 0.3) is 0 Å². The highest BCUT2D eigenvalue weighted by Gasteiger charge is 2.14. The molecule has 1 aromatic rings. The topological polar surface area (TPSA) is 46.5 Å².